The Bertz CT molecular complexity index is 470. The second-order valence-corrected chi connectivity index (χ2v) is 5.52. The molecule has 0 radical (unpaired) electrons. The Hall–Kier alpha value is -1.07. The molecule has 2 rings (SSSR count). The summed E-state index contributed by atoms with van der Waals surface area (Å²) in [6.07, 6.45) is 4.03. The fourth-order valence-electron chi connectivity index (χ4n) is 1.90. The van der Waals surface area contributed by atoms with Gasteiger partial charge in [0.25, 0.3) is 10.1 Å². The van der Waals surface area contributed by atoms with E-state index in [2.05, 4.69) is 0 Å². The molecule has 4 nitrogen and oxygen atoms in total. The molecule has 0 spiro atoms. The highest BCUT2D eigenvalue weighted by molar-refractivity contribution is 7.86. The van der Waals surface area contributed by atoms with E-state index in [4.69, 9.17) is 4.28 Å². The Morgan fingerprint density at radius 2 is 2.00 bits per heavy atom. The molecule has 0 atom stereocenters. The third-order valence-electron chi connectivity index (χ3n) is 2.54. The number of aryl methyl sites for hydroxylation is 1. The molecule has 16 heavy (non-hydrogen) atoms. The molecule has 0 bridgehead atoms. The van der Waals surface area contributed by atoms with Gasteiger partial charge in [0.1, 0.15) is 0 Å². The van der Waals surface area contributed by atoms with Crippen LogP contribution in [0.4, 0.5) is 5.69 Å². The molecule has 0 aromatic heterocycles. The minimum absolute atomic E-state index is 0.615. The number of rotatable bonds is 2. The topological polar surface area (TPSA) is 46.6 Å². The van der Waals surface area contributed by atoms with E-state index < -0.39 is 10.1 Å². The van der Waals surface area contributed by atoms with Crippen molar-refractivity contribution in [1.82, 2.24) is 0 Å². The van der Waals surface area contributed by atoms with Crippen LogP contribution in [-0.2, 0) is 20.8 Å². The molecule has 5 heteroatoms. The van der Waals surface area contributed by atoms with Crippen molar-refractivity contribution in [3.63, 3.8) is 0 Å². The van der Waals surface area contributed by atoms with Crippen LogP contribution in [0.5, 0.6) is 0 Å². The van der Waals surface area contributed by atoms with Crippen molar-refractivity contribution in [1.29, 1.82) is 0 Å². The first kappa shape index (κ1) is 11.4. The predicted molar refractivity (Wildman–Crippen MR) is 62.7 cm³/mol. The molecule has 0 saturated heterocycles. The molecule has 0 aliphatic carbocycles. The Labute approximate surface area is 95.9 Å². The maximum Gasteiger partial charge on any atom is 0.285 e. The number of benzene rings is 1. The Morgan fingerprint density at radius 1 is 1.25 bits per heavy atom. The average molecular weight is 241 g/mol. The Balaban J connectivity index is 2.32. The number of para-hydroxylation sites is 1. The summed E-state index contributed by atoms with van der Waals surface area (Å²) in [6.45, 7) is 0.615. The molecule has 1 aromatic carbocycles. The van der Waals surface area contributed by atoms with Crippen LogP contribution in [0.2, 0.25) is 0 Å². The zero-order valence-electron chi connectivity index (χ0n) is 9.22. The Morgan fingerprint density at radius 3 is 2.75 bits per heavy atom. The number of hydrogen-bond donors (Lipinski definition) is 0. The minimum atomic E-state index is -3.46. The fraction of sp³-hybridized carbons (Fsp3) is 0.455. The molecule has 0 amide bonds. The van der Waals surface area contributed by atoms with Crippen LogP contribution in [0, 0.1) is 0 Å². The summed E-state index contributed by atoms with van der Waals surface area (Å²) in [5.74, 6) is 0. The van der Waals surface area contributed by atoms with Gasteiger partial charge < -0.3 is 0 Å². The summed E-state index contributed by atoms with van der Waals surface area (Å²) in [5, 5.41) is 1.48. The molecule has 0 N–H and O–H groups in total. The smallest absolute Gasteiger partial charge is 0.236 e. The summed E-state index contributed by atoms with van der Waals surface area (Å²) in [6, 6.07) is 7.76. The van der Waals surface area contributed by atoms with Crippen molar-refractivity contribution < 1.29 is 12.7 Å². The molecular weight excluding hydrogens is 226 g/mol. The summed E-state index contributed by atoms with van der Waals surface area (Å²) in [5.41, 5.74) is 2.01. The number of nitrogens with zero attached hydrogens (tertiary/aromatic N) is 1. The van der Waals surface area contributed by atoms with Crippen molar-refractivity contribution >= 4 is 15.8 Å². The first-order valence-electron chi connectivity index (χ1n) is 5.31. The molecule has 1 aromatic rings. The number of hydroxylamine groups is 1. The van der Waals surface area contributed by atoms with E-state index in [1.165, 1.54) is 5.06 Å². The van der Waals surface area contributed by atoms with Crippen LogP contribution in [0.1, 0.15) is 18.4 Å². The highest BCUT2D eigenvalue weighted by atomic mass is 32.2. The lowest BCUT2D eigenvalue weighted by Gasteiger charge is -2.21. The predicted octanol–water partition coefficient (Wildman–Crippen LogP) is 1.72. The number of anilines is 1. The lowest BCUT2D eigenvalue weighted by Crippen LogP contribution is -2.27. The molecule has 0 fully saturated rings. The van der Waals surface area contributed by atoms with Crippen LogP contribution in [0.3, 0.4) is 0 Å². The van der Waals surface area contributed by atoms with Crippen molar-refractivity contribution in [3.8, 4) is 0 Å². The highest BCUT2D eigenvalue weighted by Gasteiger charge is 2.18. The van der Waals surface area contributed by atoms with Crippen LogP contribution >= 0.6 is 0 Å². The van der Waals surface area contributed by atoms with E-state index in [-0.39, 0.29) is 0 Å². The van der Waals surface area contributed by atoms with Crippen LogP contribution in [0.15, 0.2) is 24.3 Å². The van der Waals surface area contributed by atoms with Gasteiger partial charge >= 0.3 is 0 Å². The standard InChI is InChI=1S/C11H15NO3S/c1-16(13,14)15-12-9-5-4-7-10-6-2-3-8-11(10)12/h2-3,6,8H,4-5,7,9H2,1H3. The van der Waals surface area contributed by atoms with Gasteiger partial charge in [-0.25, -0.2) is 5.06 Å². The van der Waals surface area contributed by atoms with Gasteiger partial charge in [0.2, 0.25) is 0 Å². The van der Waals surface area contributed by atoms with Gasteiger partial charge in [-0.3, -0.25) is 0 Å². The third-order valence-corrected chi connectivity index (χ3v) is 2.99. The fourth-order valence-corrected chi connectivity index (χ4v) is 2.38. The van der Waals surface area contributed by atoms with Gasteiger partial charge in [0.15, 0.2) is 0 Å². The molecular formula is C11H15NO3S. The average Bonchev–Trinajstić information content (AvgIpc) is 2.39. The second-order valence-electron chi connectivity index (χ2n) is 3.97. The second kappa shape index (κ2) is 4.43. The molecule has 88 valence electrons. The normalized spacial score (nSPS) is 16.7. The van der Waals surface area contributed by atoms with Gasteiger partial charge in [-0.1, -0.05) is 18.2 Å². The van der Waals surface area contributed by atoms with Crippen molar-refractivity contribution in [2.45, 2.75) is 19.3 Å². The van der Waals surface area contributed by atoms with Crippen LogP contribution in [0.25, 0.3) is 0 Å². The van der Waals surface area contributed by atoms with Gasteiger partial charge in [-0.15, -0.1) is 4.28 Å². The first-order chi connectivity index (χ1) is 7.56. The van der Waals surface area contributed by atoms with E-state index in [0.717, 1.165) is 36.8 Å². The lowest BCUT2D eigenvalue weighted by atomic mass is 10.1. The third kappa shape index (κ3) is 2.74. The lowest BCUT2D eigenvalue weighted by molar-refractivity contribution is 0.285. The molecule has 0 unspecified atom stereocenters. The summed E-state index contributed by atoms with van der Waals surface area (Å²) in [7, 11) is -3.46. The summed E-state index contributed by atoms with van der Waals surface area (Å²) >= 11 is 0. The summed E-state index contributed by atoms with van der Waals surface area (Å²) < 4.78 is 27.3. The minimum Gasteiger partial charge on any atom is -0.236 e. The molecule has 1 aliphatic heterocycles. The van der Waals surface area contributed by atoms with Gasteiger partial charge in [-0.2, -0.15) is 8.42 Å². The SMILES string of the molecule is CS(=O)(=O)ON1CCCCc2ccccc21. The van der Waals surface area contributed by atoms with Gasteiger partial charge in [0.05, 0.1) is 11.9 Å². The van der Waals surface area contributed by atoms with Crippen LogP contribution < -0.4 is 5.06 Å². The number of fused-ring (bicyclic) bond motifs is 1. The zero-order valence-corrected chi connectivity index (χ0v) is 10.0. The quantitative estimate of drug-likeness (QED) is 0.791. The van der Waals surface area contributed by atoms with E-state index >= 15 is 0 Å². The van der Waals surface area contributed by atoms with Gasteiger partial charge in [0, 0.05) is 6.54 Å². The highest BCUT2D eigenvalue weighted by Crippen LogP contribution is 2.26. The van der Waals surface area contributed by atoms with E-state index in [9.17, 15) is 8.42 Å². The van der Waals surface area contributed by atoms with E-state index in [1.807, 2.05) is 24.3 Å². The van der Waals surface area contributed by atoms with Gasteiger partial charge in [-0.05, 0) is 30.9 Å². The largest absolute Gasteiger partial charge is 0.285 e. The maximum absolute atomic E-state index is 11.2. The van der Waals surface area contributed by atoms with Crippen molar-refractivity contribution in [2.24, 2.45) is 0 Å². The molecule has 1 aliphatic rings. The van der Waals surface area contributed by atoms with E-state index in [1.54, 1.807) is 0 Å². The Kier molecular flexibility index (Phi) is 3.16. The van der Waals surface area contributed by atoms with E-state index in [0.29, 0.717) is 6.54 Å². The van der Waals surface area contributed by atoms with Crippen molar-refractivity contribution in [3.05, 3.63) is 29.8 Å². The summed E-state index contributed by atoms with van der Waals surface area (Å²) in [4.78, 5) is 0. The molecule has 1 heterocycles. The first-order valence-corrected chi connectivity index (χ1v) is 7.13. The molecule has 0 saturated carbocycles. The monoisotopic (exact) mass is 241 g/mol. The van der Waals surface area contributed by atoms with Crippen LogP contribution in [-0.4, -0.2) is 21.2 Å². The van der Waals surface area contributed by atoms with Crippen molar-refractivity contribution in [2.75, 3.05) is 17.9 Å². The number of hydrogen-bond acceptors (Lipinski definition) is 4. The zero-order chi connectivity index (χ0) is 11.6. The maximum atomic E-state index is 11.2.